The third-order valence-electron chi connectivity index (χ3n) is 3.80. The molecule has 3 aromatic carbocycles. The Morgan fingerprint density at radius 2 is 1.56 bits per heavy atom. The van der Waals surface area contributed by atoms with Crippen molar-refractivity contribution >= 4 is 11.6 Å². The standard InChI is InChI=1S/C22H18N2O3/c1-16(26-20-13-7-5-9-17(20)15-23)22(25)24-19-12-6-8-14-21(19)27-18-10-3-2-4-11-18/h2-14,16H,1H3,(H,24,25). The number of hydrogen-bond acceptors (Lipinski definition) is 4. The van der Waals surface area contributed by atoms with Crippen LogP contribution in [0.5, 0.6) is 17.2 Å². The molecule has 0 aliphatic carbocycles. The number of carbonyl (C=O) groups excluding carboxylic acids is 1. The first kappa shape index (κ1) is 18.0. The number of anilines is 1. The van der Waals surface area contributed by atoms with Gasteiger partial charge in [0.1, 0.15) is 17.6 Å². The van der Waals surface area contributed by atoms with Gasteiger partial charge in [0.05, 0.1) is 11.3 Å². The number of hydrogen-bond donors (Lipinski definition) is 1. The number of nitrogens with one attached hydrogen (secondary N) is 1. The van der Waals surface area contributed by atoms with Crippen LogP contribution in [0.15, 0.2) is 78.9 Å². The van der Waals surface area contributed by atoms with Crippen molar-refractivity contribution in [3.05, 3.63) is 84.4 Å². The maximum absolute atomic E-state index is 12.5. The molecule has 0 saturated heterocycles. The van der Waals surface area contributed by atoms with Gasteiger partial charge in [-0.05, 0) is 43.3 Å². The molecule has 1 unspecified atom stereocenters. The fourth-order valence-corrected chi connectivity index (χ4v) is 2.41. The maximum atomic E-state index is 12.5. The van der Waals surface area contributed by atoms with Crippen molar-refractivity contribution in [3.8, 4) is 23.3 Å². The number of nitrogens with zero attached hydrogens (tertiary/aromatic N) is 1. The van der Waals surface area contributed by atoms with E-state index in [0.29, 0.717) is 28.5 Å². The average molecular weight is 358 g/mol. The smallest absolute Gasteiger partial charge is 0.265 e. The Hall–Kier alpha value is -3.78. The van der Waals surface area contributed by atoms with Crippen LogP contribution in [0.25, 0.3) is 0 Å². The van der Waals surface area contributed by atoms with E-state index in [1.54, 1.807) is 43.3 Å². The number of nitriles is 1. The number of ether oxygens (including phenoxy) is 2. The Morgan fingerprint density at radius 3 is 2.30 bits per heavy atom. The third-order valence-corrected chi connectivity index (χ3v) is 3.80. The highest BCUT2D eigenvalue weighted by molar-refractivity contribution is 5.95. The summed E-state index contributed by atoms with van der Waals surface area (Å²) in [6.07, 6.45) is -0.788. The summed E-state index contributed by atoms with van der Waals surface area (Å²) in [6.45, 7) is 1.63. The van der Waals surface area contributed by atoms with Gasteiger partial charge in [-0.25, -0.2) is 0 Å². The summed E-state index contributed by atoms with van der Waals surface area (Å²) in [5, 5.41) is 12.0. The molecule has 0 saturated carbocycles. The van der Waals surface area contributed by atoms with Crippen molar-refractivity contribution in [2.75, 3.05) is 5.32 Å². The van der Waals surface area contributed by atoms with Gasteiger partial charge in [-0.15, -0.1) is 0 Å². The highest BCUT2D eigenvalue weighted by atomic mass is 16.5. The Morgan fingerprint density at radius 1 is 0.926 bits per heavy atom. The summed E-state index contributed by atoms with van der Waals surface area (Å²) in [5.74, 6) is 1.23. The van der Waals surface area contributed by atoms with E-state index >= 15 is 0 Å². The van der Waals surface area contributed by atoms with Crippen LogP contribution in [0.4, 0.5) is 5.69 Å². The fraction of sp³-hybridized carbons (Fsp3) is 0.0909. The Bertz CT molecular complexity index is 965. The van der Waals surface area contributed by atoms with Gasteiger partial charge < -0.3 is 14.8 Å². The summed E-state index contributed by atoms with van der Waals surface area (Å²) in [6, 6.07) is 25.3. The molecule has 3 rings (SSSR count). The molecule has 1 amide bonds. The van der Waals surface area contributed by atoms with Gasteiger partial charge >= 0.3 is 0 Å². The van der Waals surface area contributed by atoms with E-state index in [1.165, 1.54) is 0 Å². The topological polar surface area (TPSA) is 71.3 Å². The molecule has 5 heteroatoms. The van der Waals surface area contributed by atoms with Crippen LogP contribution >= 0.6 is 0 Å². The molecular weight excluding hydrogens is 340 g/mol. The van der Waals surface area contributed by atoms with E-state index < -0.39 is 6.10 Å². The first-order chi connectivity index (χ1) is 13.2. The van der Waals surface area contributed by atoms with Gasteiger partial charge in [0.2, 0.25) is 0 Å². The van der Waals surface area contributed by atoms with Crippen molar-refractivity contribution in [1.29, 1.82) is 5.26 Å². The molecule has 0 aliphatic heterocycles. The third kappa shape index (κ3) is 4.65. The second kappa shape index (κ2) is 8.54. The number of carbonyl (C=O) groups is 1. The van der Waals surface area contributed by atoms with Crippen LogP contribution < -0.4 is 14.8 Å². The predicted octanol–water partition coefficient (Wildman–Crippen LogP) is 4.76. The Balaban J connectivity index is 1.71. The lowest BCUT2D eigenvalue weighted by atomic mass is 10.2. The van der Waals surface area contributed by atoms with E-state index in [2.05, 4.69) is 5.32 Å². The minimum atomic E-state index is -0.788. The van der Waals surface area contributed by atoms with Crippen molar-refractivity contribution < 1.29 is 14.3 Å². The van der Waals surface area contributed by atoms with Crippen LogP contribution in [0.3, 0.4) is 0 Å². The zero-order valence-corrected chi connectivity index (χ0v) is 14.8. The minimum absolute atomic E-state index is 0.341. The normalized spacial score (nSPS) is 11.1. The summed E-state index contributed by atoms with van der Waals surface area (Å²) in [4.78, 5) is 12.5. The van der Waals surface area contributed by atoms with E-state index in [1.807, 2.05) is 48.5 Å². The number of amides is 1. The molecule has 0 aliphatic rings. The monoisotopic (exact) mass is 358 g/mol. The molecule has 3 aromatic rings. The zero-order chi connectivity index (χ0) is 19.1. The predicted molar refractivity (Wildman–Crippen MR) is 103 cm³/mol. The largest absolute Gasteiger partial charge is 0.480 e. The first-order valence-electron chi connectivity index (χ1n) is 8.46. The lowest BCUT2D eigenvalue weighted by Crippen LogP contribution is -2.30. The van der Waals surface area contributed by atoms with Gasteiger partial charge in [-0.1, -0.05) is 42.5 Å². The highest BCUT2D eigenvalue weighted by Crippen LogP contribution is 2.29. The van der Waals surface area contributed by atoms with Crippen molar-refractivity contribution in [3.63, 3.8) is 0 Å². The minimum Gasteiger partial charge on any atom is -0.480 e. The van der Waals surface area contributed by atoms with Gasteiger partial charge in [-0.3, -0.25) is 4.79 Å². The highest BCUT2D eigenvalue weighted by Gasteiger charge is 2.18. The average Bonchev–Trinajstić information content (AvgIpc) is 2.70. The van der Waals surface area contributed by atoms with Crippen molar-refractivity contribution in [1.82, 2.24) is 0 Å². The molecule has 134 valence electrons. The molecule has 27 heavy (non-hydrogen) atoms. The molecule has 1 N–H and O–H groups in total. The van der Waals surface area contributed by atoms with Crippen LogP contribution in [-0.2, 0) is 4.79 Å². The SMILES string of the molecule is CC(Oc1ccccc1C#N)C(=O)Nc1ccccc1Oc1ccccc1. The molecule has 5 nitrogen and oxygen atoms in total. The zero-order valence-electron chi connectivity index (χ0n) is 14.8. The molecule has 0 spiro atoms. The second-order valence-electron chi connectivity index (χ2n) is 5.77. The first-order valence-corrected chi connectivity index (χ1v) is 8.46. The van der Waals surface area contributed by atoms with Crippen LogP contribution in [0.1, 0.15) is 12.5 Å². The van der Waals surface area contributed by atoms with Gasteiger partial charge in [0.25, 0.3) is 5.91 Å². The van der Waals surface area contributed by atoms with Crippen LogP contribution in [0, 0.1) is 11.3 Å². The summed E-state index contributed by atoms with van der Waals surface area (Å²) < 4.78 is 11.5. The summed E-state index contributed by atoms with van der Waals surface area (Å²) in [5.41, 5.74) is 0.917. The van der Waals surface area contributed by atoms with Gasteiger partial charge in [-0.2, -0.15) is 5.26 Å². The Labute approximate surface area is 157 Å². The molecule has 0 aromatic heterocycles. The number of para-hydroxylation sites is 4. The van der Waals surface area contributed by atoms with Gasteiger partial charge in [0, 0.05) is 0 Å². The molecular formula is C22H18N2O3. The molecule has 0 bridgehead atoms. The van der Waals surface area contributed by atoms with E-state index in [0.717, 1.165) is 0 Å². The molecule has 0 fully saturated rings. The van der Waals surface area contributed by atoms with E-state index in [4.69, 9.17) is 14.7 Å². The number of rotatable bonds is 6. The van der Waals surface area contributed by atoms with Crippen molar-refractivity contribution in [2.24, 2.45) is 0 Å². The summed E-state index contributed by atoms with van der Waals surface area (Å²) in [7, 11) is 0. The lowest BCUT2D eigenvalue weighted by Gasteiger charge is -2.17. The molecule has 0 heterocycles. The molecule has 1 atom stereocenters. The van der Waals surface area contributed by atoms with Crippen molar-refractivity contribution in [2.45, 2.75) is 13.0 Å². The summed E-state index contributed by atoms with van der Waals surface area (Å²) >= 11 is 0. The van der Waals surface area contributed by atoms with Crippen LogP contribution in [0.2, 0.25) is 0 Å². The number of benzene rings is 3. The maximum Gasteiger partial charge on any atom is 0.265 e. The lowest BCUT2D eigenvalue weighted by molar-refractivity contribution is -0.122. The van der Waals surface area contributed by atoms with E-state index in [9.17, 15) is 4.79 Å². The Kier molecular flexibility index (Phi) is 5.70. The van der Waals surface area contributed by atoms with E-state index in [-0.39, 0.29) is 5.91 Å². The quantitative estimate of drug-likeness (QED) is 0.690. The van der Waals surface area contributed by atoms with Crippen LogP contribution in [-0.4, -0.2) is 12.0 Å². The second-order valence-corrected chi connectivity index (χ2v) is 5.77. The fourth-order valence-electron chi connectivity index (χ4n) is 2.41. The van der Waals surface area contributed by atoms with Gasteiger partial charge in [0.15, 0.2) is 11.9 Å². The molecule has 0 radical (unpaired) electrons.